The van der Waals surface area contributed by atoms with Crippen LogP contribution in [0.3, 0.4) is 0 Å². The van der Waals surface area contributed by atoms with E-state index in [-0.39, 0.29) is 16.6 Å². The lowest BCUT2D eigenvalue weighted by atomic mass is 10.2. The summed E-state index contributed by atoms with van der Waals surface area (Å²) in [6, 6.07) is 15.6. The number of hydrogen-bond donors (Lipinski definition) is 0. The third-order valence-corrected chi connectivity index (χ3v) is 4.23. The summed E-state index contributed by atoms with van der Waals surface area (Å²) in [6.45, 7) is 1.75. The minimum atomic E-state index is -0.557. The number of fused-ring (bicyclic) bond motifs is 1. The molecule has 0 fully saturated rings. The molecule has 2 heterocycles. The van der Waals surface area contributed by atoms with Gasteiger partial charge in [0.2, 0.25) is 5.88 Å². The molecule has 4 rings (SSSR count). The minimum absolute atomic E-state index is 0.0541. The number of nitro groups is 1. The van der Waals surface area contributed by atoms with E-state index in [0.29, 0.717) is 22.8 Å². The number of aryl methyl sites for hydroxylation is 1. The molecule has 2 aromatic heterocycles. The SMILES string of the molecule is Cc1cc(Cl)c([N+](=O)[O-])cc1Oc1ccc2nnc(-c3ccccc3)n2n1. The first kappa shape index (κ1) is 16.9. The molecule has 0 N–H and O–H groups in total. The van der Waals surface area contributed by atoms with Crippen molar-refractivity contribution in [2.75, 3.05) is 0 Å². The van der Waals surface area contributed by atoms with Crippen molar-refractivity contribution >= 4 is 22.9 Å². The van der Waals surface area contributed by atoms with Crippen molar-refractivity contribution in [1.29, 1.82) is 0 Å². The van der Waals surface area contributed by atoms with Crippen LogP contribution in [0.2, 0.25) is 5.02 Å². The largest absolute Gasteiger partial charge is 0.437 e. The maximum atomic E-state index is 11.1. The number of nitro benzene ring substituents is 1. The van der Waals surface area contributed by atoms with Gasteiger partial charge in [-0.2, -0.15) is 4.52 Å². The van der Waals surface area contributed by atoms with Gasteiger partial charge in [0.05, 0.1) is 11.0 Å². The summed E-state index contributed by atoms with van der Waals surface area (Å²) in [7, 11) is 0. The van der Waals surface area contributed by atoms with Crippen LogP contribution in [-0.2, 0) is 0 Å². The molecule has 0 saturated heterocycles. The third-order valence-electron chi connectivity index (χ3n) is 3.93. The molecular weight excluding hydrogens is 370 g/mol. The Morgan fingerprint density at radius 1 is 1.11 bits per heavy atom. The van der Waals surface area contributed by atoms with Gasteiger partial charge < -0.3 is 4.74 Å². The highest BCUT2D eigenvalue weighted by Crippen LogP contribution is 2.34. The number of rotatable bonds is 4. The quantitative estimate of drug-likeness (QED) is 0.382. The van der Waals surface area contributed by atoms with E-state index in [4.69, 9.17) is 16.3 Å². The Bertz CT molecular complexity index is 1160. The molecule has 0 spiro atoms. The average molecular weight is 382 g/mol. The molecule has 134 valence electrons. The van der Waals surface area contributed by atoms with Crippen molar-refractivity contribution < 1.29 is 9.66 Å². The van der Waals surface area contributed by atoms with Crippen LogP contribution in [-0.4, -0.2) is 24.7 Å². The third kappa shape index (κ3) is 3.18. The molecule has 0 aliphatic rings. The molecule has 0 amide bonds. The molecular formula is C18H12ClN5O3. The summed E-state index contributed by atoms with van der Waals surface area (Å²) in [5, 5.41) is 23.8. The zero-order valence-electron chi connectivity index (χ0n) is 14.0. The molecule has 27 heavy (non-hydrogen) atoms. The van der Waals surface area contributed by atoms with Gasteiger partial charge in [-0.05, 0) is 24.6 Å². The van der Waals surface area contributed by atoms with Crippen LogP contribution in [0.15, 0.2) is 54.6 Å². The van der Waals surface area contributed by atoms with Crippen LogP contribution in [0, 0.1) is 17.0 Å². The van der Waals surface area contributed by atoms with Gasteiger partial charge >= 0.3 is 0 Å². The number of benzene rings is 2. The molecule has 0 aliphatic carbocycles. The highest BCUT2D eigenvalue weighted by Gasteiger charge is 2.17. The van der Waals surface area contributed by atoms with E-state index < -0.39 is 4.92 Å². The second-order valence-corrected chi connectivity index (χ2v) is 6.17. The summed E-state index contributed by atoms with van der Waals surface area (Å²) in [5.74, 6) is 1.11. The van der Waals surface area contributed by atoms with Crippen LogP contribution in [0.4, 0.5) is 5.69 Å². The van der Waals surface area contributed by atoms with E-state index in [9.17, 15) is 10.1 Å². The summed E-state index contributed by atoms with van der Waals surface area (Å²) in [5.41, 5.74) is 1.83. The predicted molar refractivity (Wildman–Crippen MR) is 99.1 cm³/mol. The molecule has 8 nitrogen and oxygen atoms in total. The summed E-state index contributed by atoms with van der Waals surface area (Å²) >= 11 is 5.92. The fourth-order valence-corrected chi connectivity index (χ4v) is 2.89. The Balaban J connectivity index is 1.75. The normalized spacial score (nSPS) is 10.9. The van der Waals surface area contributed by atoms with Gasteiger partial charge in [-0.25, -0.2) is 0 Å². The molecule has 0 atom stereocenters. The number of halogens is 1. The first-order chi connectivity index (χ1) is 13.0. The Hall–Kier alpha value is -3.52. The van der Waals surface area contributed by atoms with Crippen LogP contribution in [0.25, 0.3) is 17.0 Å². The predicted octanol–water partition coefficient (Wildman–Crippen LogP) is 4.45. The Kier molecular flexibility index (Phi) is 4.17. The molecule has 9 heteroatoms. The van der Waals surface area contributed by atoms with Crippen molar-refractivity contribution in [3.05, 3.63) is 75.3 Å². The van der Waals surface area contributed by atoms with Crippen molar-refractivity contribution in [2.45, 2.75) is 6.92 Å². The van der Waals surface area contributed by atoms with Gasteiger partial charge in [-0.1, -0.05) is 41.9 Å². The first-order valence-electron chi connectivity index (χ1n) is 7.93. The van der Waals surface area contributed by atoms with E-state index in [0.717, 1.165) is 5.56 Å². The van der Waals surface area contributed by atoms with E-state index in [1.807, 2.05) is 30.3 Å². The maximum absolute atomic E-state index is 11.1. The van der Waals surface area contributed by atoms with Gasteiger partial charge in [0.25, 0.3) is 5.69 Å². The summed E-state index contributed by atoms with van der Waals surface area (Å²) < 4.78 is 7.33. The maximum Gasteiger partial charge on any atom is 0.291 e. The van der Waals surface area contributed by atoms with Crippen LogP contribution in [0.1, 0.15) is 5.56 Å². The summed E-state index contributed by atoms with van der Waals surface area (Å²) in [6.07, 6.45) is 0. The number of hydrogen-bond acceptors (Lipinski definition) is 6. The molecule has 0 bridgehead atoms. The number of ether oxygens (including phenoxy) is 1. The van der Waals surface area contributed by atoms with Crippen LogP contribution < -0.4 is 4.74 Å². The van der Waals surface area contributed by atoms with Gasteiger partial charge in [-0.3, -0.25) is 10.1 Å². The molecule has 0 radical (unpaired) electrons. The van der Waals surface area contributed by atoms with E-state index in [1.165, 1.54) is 12.1 Å². The molecule has 0 unspecified atom stereocenters. The lowest BCUT2D eigenvalue weighted by molar-refractivity contribution is -0.384. The molecule has 0 saturated carbocycles. The average Bonchev–Trinajstić information content (AvgIpc) is 3.07. The van der Waals surface area contributed by atoms with Crippen LogP contribution >= 0.6 is 11.6 Å². The standard InChI is InChI=1S/C18H12ClN5O3/c1-11-9-13(19)14(24(25)26)10-15(11)27-17-8-7-16-20-21-18(23(16)22-17)12-5-3-2-4-6-12/h2-10H,1H3. The Labute approximate surface area is 158 Å². The smallest absolute Gasteiger partial charge is 0.291 e. The lowest BCUT2D eigenvalue weighted by Crippen LogP contribution is -1.99. The topological polar surface area (TPSA) is 95.5 Å². The van der Waals surface area contributed by atoms with E-state index >= 15 is 0 Å². The van der Waals surface area contributed by atoms with Crippen molar-refractivity contribution in [3.63, 3.8) is 0 Å². The fraction of sp³-hybridized carbons (Fsp3) is 0.0556. The number of aromatic nitrogens is 4. The highest BCUT2D eigenvalue weighted by atomic mass is 35.5. The first-order valence-corrected chi connectivity index (χ1v) is 8.31. The highest BCUT2D eigenvalue weighted by molar-refractivity contribution is 6.32. The van der Waals surface area contributed by atoms with E-state index in [1.54, 1.807) is 23.6 Å². The van der Waals surface area contributed by atoms with Crippen molar-refractivity contribution in [3.8, 4) is 23.0 Å². The van der Waals surface area contributed by atoms with Gasteiger partial charge in [0.1, 0.15) is 10.8 Å². The minimum Gasteiger partial charge on any atom is -0.437 e. The zero-order chi connectivity index (χ0) is 19.0. The van der Waals surface area contributed by atoms with Crippen molar-refractivity contribution in [1.82, 2.24) is 19.8 Å². The fourth-order valence-electron chi connectivity index (χ4n) is 2.60. The van der Waals surface area contributed by atoms with Crippen molar-refractivity contribution in [2.24, 2.45) is 0 Å². The monoisotopic (exact) mass is 381 g/mol. The molecule has 2 aromatic carbocycles. The lowest BCUT2D eigenvalue weighted by Gasteiger charge is -2.09. The second kappa shape index (κ2) is 6.65. The molecule has 4 aromatic rings. The second-order valence-electron chi connectivity index (χ2n) is 5.76. The Morgan fingerprint density at radius 3 is 2.63 bits per heavy atom. The zero-order valence-corrected chi connectivity index (χ0v) is 14.8. The molecule has 0 aliphatic heterocycles. The van der Waals surface area contributed by atoms with Crippen LogP contribution in [0.5, 0.6) is 11.6 Å². The van der Waals surface area contributed by atoms with E-state index in [2.05, 4.69) is 15.3 Å². The number of nitrogens with zero attached hydrogens (tertiary/aromatic N) is 5. The summed E-state index contributed by atoms with van der Waals surface area (Å²) in [4.78, 5) is 10.6. The van der Waals surface area contributed by atoms with Gasteiger partial charge in [0.15, 0.2) is 11.5 Å². The van der Waals surface area contributed by atoms with Gasteiger partial charge in [-0.15, -0.1) is 15.3 Å². The van der Waals surface area contributed by atoms with Gasteiger partial charge in [0, 0.05) is 11.6 Å². The Morgan fingerprint density at radius 2 is 1.89 bits per heavy atom.